The lowest BCUT2D eigenvalue weighted by molar-refractivity contribution is 0.0795. The van der Waals surface area contributed by atoms with E-state index in [0.717, 1.165) is 24.8 Å². The standard InChI is InChI=1S/C23H29FN4O3/c1-5-16-6-7-18(17(24)10-16)27-20-15(4)21(26-13-25-20)31-19-11-28(12-23(19)8-9-23)22(29)30-14(2)3/h6-7,10,13-14,19H,5,8-9,11-12H2,1-4H3,(H,25,26,27). The number of likely N-dealkylation sites (tertiary alicyclic amines) is 1. The maximum Gasteiger partial charge on any atom is 0.410 e. The number of nitrogens with zero attached hydrogens (tertiary/aromatic N) is 3. The SMILES string of the molecule is CCc1ccc(Nc2ncnc(OC3CN(C(=O)OC(C)C)CC34CC4)c2C)c(F)c1. The van der Waals surface area contributed by atoms with Crippen LogP contribution in [0.25, 0.3) is 0 Å². The molecule has 1 saturated heterocycles. The highest BCUT2D eigenvalue weighted by Crippen LogP contribution is 2.54. The summed E-state index contributed by atoms with van der Waals surface area (Å²) in [6, 6.07) is 5.13. The third-order valence-electron chi connectivity index (χ3n) is 6.05. The van der Waals surface area contributed by atoms with E-state index in [1.54, 1.807) is 11.0 Å². The van der Waals surface area contributed by atoms with Crippen LogP contribution < -0.4 is 10.1 Å². The molecule has 2 aliphatic rings. The lowest BCUT2D eigenvalue weighted by Crippen LogP contribution is -2.33. The molecule has 31 heavy (non-hydrogen) atoms. The Morgan fingerprint density at radius 3 is 2.77 bits per heavy atom. The van der Waals surface area contributed by atoms with Gasteiger partial charge in [0, 0.05) is 12.0 Å². The van der Waals surface area contributed by atoms with Crippen molar-refractivity contribution in [2.24, 2.45) is 5.41 Å². The predicted octanol–water partition coefficient (Wildman–Crippen LogP) is 4.62. The number of rotatable bonds is 6. The molecule has 1 spiro atoms. The van der Waals surface area contributed by atoms with E-state index < -0.39 is 0 Å². The van der Waals surface area contributed by atoms with E-state index in [0.29, 0.717) is 36.0 Å². The molecule has 1 aromatic heterocycles. The maximum absolute atomic E-state index is 14.4. The van der Waals surface area contributed by atoms with Gasteiger partial charge in [-0.25, -0.2) is 19.2 Å². The Kier molecular flexibility index (Phi) is 5.73. The molecule has 1 saturated carbocycles. The van der Waals surface area contributed by atoms with E-state index in [9.17, 15) is 9.18 Å². The average molecular weight is 429 g/mol. The first kappa shape index (κ1) is 21.3. The molecule has 2 fully saturated rings. The minimum Gasteiger partial charge on any atom is -0.471 e. The minimum atomic E-state index is -0.327. The second-order valence-corrected chi connectivity index (χ2v) is 8.73. The van der Waals surface area contributed by atoms with Crippen molar-refractivity contribution in [3.63, 3.8) is 0 Å². The van der Waals surface area contributed by atoms with E-state index in [-0.39, 0.29) is 29.5 Å². The Morgan fingerprint density at radius 2 is 2.13 bits per heavy atom. The largest absolute Gasteiger partial charge is 0.471 e. The van der Waals surface area contributed by atoms with Crippen LogP contribution in [0.2, 0.25) is 0 Å². The zero-order valence-corrected chi connectivity index (χ0v) is 18.4. The third-order valence-corrected chi connectivity index (χ3v) is 6.05. The summed E-state index contributed by atoms with van der Waals surface area (Å²) in [7, 11) is 0. The van der Waals surface area contributed by atoms with Crippen molar-refractivity contribution in [2.45, 2.75) is 59.2 Å². The molecule has 1 N–H and O–H groups in total. The molecular formula is C23H29FN4O3. The van der Waals surface area contributed by atoms with Crippen LogP contribution in [0, 0.1) is 18.2 Å². The topological polar surface area (TPSA) is 76.6 Å². The summed E-state index contributed by atoms with van der Waals surface area (Å²) >= 11 is 0. The molecule has 8 heteroatoms. The monoisotopic (exact) mass is 428 g/mol. The van der Waals surface area contributed by atoms with Crippen LogP contribution in [0.1, 0.15) is 44.7 Å². The van der Waals surface area contributed by atoms with Gasteiger partial charge < -0.3 is 19.7 Å². The van der Waals surface area contributed by atoms with E-state index in [2.05, 4.69) is 15.3 Å². The van der Waals surface area contributed by atoms with Crippen molar-refractivity contribution in [1.82, 2.24) is 14.9 Å². The summed E-state index contributed by atoms with van der Waals surface area (Å²) in [6.07, 6.45) is 3.57. The molecule has 166 valence electrons. The molecule has 1 unspecified atom stereocenters. The van der Waals surface area contributed by atoms with Crippen molar-refractivity contribution in [1.29, 1.82) is 0 Å². The number of aryl methyl sites for hydroxylation is 1. The van der Waals surface area contributed by atoms with Crippen LogP contribution >= 0.6 is 0 Å². The number of anilines is 2. The van der Waals surface area contributed by atoms with Gasteiger partial charge in [0.15, 0.2) is 0 Å². The number of hydrogen-bond donors (Lipinski definition) is 1. The molecule has 1 aliphatic heterocycles. The van der Waals surface area contributed by atoms with Crippen LogP contribution in [-0.2, 0) is 11.2 Å². The number of hydrogen-bond acceptors (Lipinski definition) is 6. The van der Waals surface area contributed by atoms with E-state index >= 15 is 0 Å². The Balaban J connectivity index is 1.49. The third kappa shape index (κ3) is 4.43. The Labute approximate surface area is 182 Å². The lowest BCUT2D eigenvalue weighted by Gasteiger charge is -2.20. The Morgan fingerprint density at radius 1 is 1.35 bits per heavy atom. The molecule has 0 bridgehead atoms. The lowest BCUT2D eigenvalue weighted by atomic mass is 10.0. The molecule has 1 aromatic carbocycles. The van der Waals surface area contributed by atoms with E-state index in [1.165, 1.54) is 12.4 Å². The number of halogens is 1. The van der Waals surface area contributed by atoms with Gasteiger partial charge in [0.05, 0.1) is 23.9 Å². The number of carbonyl (C=O) groups is 1. The molecule has 4 rings (SSSR count). The average Bonchev–Trinajstić information content (AvgIpc) is 3.41. The van der Waals surface area contributed by atoms with E-state index in [1.807, 2.05) is 33.8 Å². The second kappa shape index (κ2) is 8.32. The minimum absolute atomic E-state index is 0.0386. The predicted molar refractivity (Wildman–Crippen MR) is 115 cm³/mol. The highest BCUT2D eigenvalue weighted by atomic mass is 19.1. The molecule has 1 atom stereocenters. The van der Waals surface area contributed by atoms with Crippen molar-refractivity contribution in [3.8, 4) is 5.88 Å². The van der Waals surface area contributed by atoms with Crippen molar-refractivity contribution in [3.05, 3.63) is 41.5 Å². The molecule has 1 amide bonds. The van der Waals surface area contributed by atoms with Gasteiger partial charge in [-0.05, 0) is 57.7 Å². The van der Waals surface area contributed by atoms with Gasteiger partial charge in [-0.3, -0.25) is 0 Å². The van der Waals surface area contributed by atoms with Crippen molar-refractivity contribution in [2.75, 3.05) is 18.4 Å². The maximum atomic E-state index is 14.4. The zero-order valence-electron chi connectivity index (χ0n) is 18.4. The Bertz CT molecular complexity index is 977. The summed E-state index contributed by atoms with van der Waals surface area (Å²) in [4.78, 5) is 22.6. The van der Waals surface area contributed by atoms with Crippen LogP contribution in [-0.4, -0.2) is 46.3 Å². The van der Waals surface area contributed by atoms with Crippen LogP contribution in [0.5, 0.6) is 5.88 Å². The normalized spacial score (nSPS) is 19.0. The summed E-state index contributed by atoms with van der Waals surface area (Å²) < 4.78 is 26.0. The van der Waals surface area contributed by atoms with Gasteiger partial charge in [0.25, 0.3) is 0 Å². The fourth-order valence-corrected chi connectivity index (χ4v) is 3.98. The van der Waals surface area contributed by atoms with Gasteiger partial charge in [0.2, 0.25) is 5.88 Å². The number of nitrogens with one attached hydrogen (secondary N) is 1. The quantitative estimate of drug-likeness (QED) is 0.724. The van der Waals surface area contributed by atoms with Crippen molar-refractivity contribution >= 4 is 17.6 Å². The van der Waals surface area contributed by atoms with Crippen LogP contribution in [0.4, 0.5) is 20.7 Å². The van der Waals surface area contributed by atoms with Gasteiger partial charge in [-0.2, -0.15) is 0 Å². The zero-order chi connectivity index (χ0) is 22.2. The summed E-state index contributed by atoms with van der Waals surface area (Å²) in [5.41, 5.74) is 1.94. The molecule has 1 aliphatic carbocycles. The summed E-state index contributed by atoms with van der Waals surface area (Å²) in [5, 5.41) is 3.05. The number of ether oxygens (including phenoxy) is 2. The van der Waals surface area contributed by atoms with Crippen molar-refractivity contribution < 1.29 is 18.7 Å². The first-order valence-corrected chi connectivity index (χ1v) is 10.8. The smallest absolute Gasteiger partial charge is 0.410 e. The van der Waals surface area contributed by atoms with Gasteiger partial charge in [-0.15, -0.1) is 0 Å². The molecule has 2 heterocycles. The second-order valence-electron chi connectivity index (χ2n) is 8.73. The number of benzene rings is 1. The highest BCUT2D eigenvalue weighted by molar-refractivity contribution is 5.68. The van der Waals surface area contributed by atoms with Gasteiger partial charge >= 0.3 is 6.09 Å². The number of carbonyl (C=O) groups excluding carboxylic acids is 1. The summed E-state index contributed by atoms with van der Waals surface area (Å²) in [5.74, 6) is 0.609. The van der Waals surface area contributed by atoms with Crippen LogP contribution in [0.3, 0.4) is 0 Å². The fourth-order valence-electron chi connectivity index (χ4n) is 3.98. The molecular weight excluding hydrogens is 399 g/mol. The van der Waals surface area contributed by atoms with E-state index in [4.69, 9.17) is 9.47 Å². The van der Waals surface area contributed by atoms with Gasteiger partial charge in [-0.1, -0.05) is 13.0 Å². The highest BCUT2D eigenvalue weighted by Gasteiger charge is 2.58. The fraction of sp³-hybridized carbons (Fsp3) is 0.522. The molecule has 7 nitrogen and oxygen atoms in total. The first-order chi connectivity index (χ1) is 14.8. The van der Waals surface area contributed by atoms with Gasteiger partial charge in [0.1, 0.15) is 24.1 Å². The number of aromatic nitrogens is 2. The molecule has 0 radical (unpaired) electrons. The Hall–Kier alpha value is -2.90. The number of amides is 1. The molecule has 2 aromatic rings. The summed E-state index contributed by atoms with van der Waals surface area (Å²) in [6.45, 7) is 8.60. The van der Waals surface area contributed by atoms with Crippen LogP contribution in [0.15, 0.2) is 24.5 Å². The first-order valence-electron chi connectivity index (χ1n) is 10.8.